The van der Waals surface area contributed by atoms with Crippen LogP contribution in [0.5, 0.6) is 0 Å². The second kappa shape index (κ2) is 6.55. The molecule has 3 amide bonds. The van der Waals surface area contributed by atoms with Crippen LogP contribution in [0.2, 0.25) is 0 Å². The molecule has 2 aromatic rings. The Kier molecular flexibility index (Phi) is 4.31. The summed E-state index contributed by atoms with van der Waals surface area (Å²) in [5, 5.41) is 9.16. The number of urea groups is 1. The number of furan rings is 1. The lowest BCUT2D eigenvalue weighted by Crippen LogP contribution is -2.47. The Balaban J connectivity index is 1.45. The molecule has 0 aliphatic carbocycles. The molecule has 122 valence electrons. The van der Waals surface area contributed by atoms with E-state index >= 15 is 0 Å². The monoisotopic (exact) mass is 318 g/mol. The number of amides is 3. The lowest BCUT2D eigenvalue weighted by atomic mass is 10.1. The minimum absolute atomic E-state index is 0.0136. The van der Waals surface area contributed by atoms with Gasteiger partial charge in [0.2, 0.25) is 5.88 Å². The molecule has 1 aliphatic rings. The molecule has 1 fully saturated rings. The van der Waals surface area contributed by atoms with Crippen molar-refractivity contribution in [2.75, 3.05) is 18.4 Å². The molecule has 3 heterocycles. The summed E-state index contributed by atoms with van der Waals surface area (Å²) in [6, 6.07) is 4.66. The average molecular weight is 318 g/mol. The van der Waals surface area contributed by atoms with Gasteiger partial charge in [0, 0.05) is 25.2 Å². The molecule has 8 nitrogen and oxygen atoms in total. The summed E-state index contributed by atoms with van der Waals surface area (Å²) in [7, 11) is 0. The summed E-state index contributed by atoms with van der Waals surface area (Å²) in [6.07, 6.45) is 2.86. The number of rotatable bonds is 3. The quantitative estimate of drug-likeness (QED) is 0.901. The molecule has 0 spiro atoms. The number of hydrogen-bond donors (Lipinski definition) is 2. The molecule has 0 radical (unpaired) electrons. The molecule has 2 N–H and O–H groups in total. The van der Waals surface area contributed by atoms with Crippen LogP contribution in [0.3, 0.4) is 0 Å². The number of carbonyl (C=O) groups excluding carboxylic acids is 2. The topological polar surface area (TPSA) is 101 Å². The van der Waals surface area contributed by atoms with Crippen LogP contribution < -0.4 is 10.6 Å². The Morgan fingerprint density at radius 3 is 2.74 bits per heavy atom. The summed E-state index contributed by atoms with van der Waals surface area (Å²) < 4.78 is 10.0. The van der Waals surface area contributed by atoms with Crippen molar-refractivity contribution in [3.63, 3.8) is 0 Å². The first kappa shape index (κ1) is 15.1. The number of likely N-dealkylation sites (tertiary alicyclic amines) is 1. The predicted molar refractivity (Wildman–Crippen MR) is 81.0 cm³/mol. The van der Waals surface area contributed by atoms with Crippen molar-refractivity contribution >= 4 is 17.8 Å². The molecule has 0 unspecified atom stereocenters. The van der Waals surface area contributed by atoms with Gasteiger partial charge in [0.05, 0.1) is 12.0 Å². The van der Waals surface area contributed by atoms with E-state index in [4.69, 9.17) is 8.94 Å². The van der Waals surface area contributed by atoms with Gasteiger partial charge in [-0.2, -0.15) is 0 Å². The van der Waals surface area contributed by atoms with Crippen molar-refractivity contribution < 1.29 is 18.5 Å². The molecule has 0 atom stereocenters. The van der Waals surface area contributed by atoms with Gasteiger partial charge >= 0.3 is 6.03 Å². The molecule has 0 saturated carbocycles. The van der Waals surface area contributed by atoms with Crippen LogP contribution in [0, 0.1) is 6.92 Å². The minimum Gasteiger partial charge on any atom is -0.459 e. The highest BCUT2D eigenvalue weighted by atomic mass is 16.5. The van der Waals surface area contributed by atoms with Gasteiger partial charge in [-0.3, -0.25) is 10.1 Å². The Hall–Kier alpha value is -2.77. The maximum atomic E-state index is 12.1. The summed E-state index contributed by atoms with van der Waals surface area (Å²) in [6.45, 7) is 2.93. The molecule has 1 saturated heterocycles. The summed E-state index contributed by atoms with van der Waals surface area (Å²) in [4.78, 5) is 25.8. The third-order valence-electron chi connectivity index (χ3n) is 3.71. The van der Waals surface area contributed by atoms with E-state index in [1.54, 1.807) is 30.0 Å². The van der Waals surface area contributed by atoms with Gasteiger partial charge in [0.1, 0.15) is 0 Å². The van der Waals surface area contributed by atoms with E-state index in [1.165, 1.54) is 6.26 Å². The zero-order valence-electron chi connectivity index (χ0n) is 12.7. The summed E-state index contributed by atoms with van der Waals surface area (Å²) in [5.74, 6) is 0.537. The largest absolute Gasteiger partial charge is 0.459 e. The molecule has 3 rings (SSSR count). The van der Waals surface area contributed by atoms with E-state index in [9.17, 15) is 9.59 Å². The van der Waals surface area contributed by atoms with Gasteiger partial charge in [-0.05, 0) is 31.9 Å². The third kappa shape index (κ3) is 3.71. The van der Waals surface area contributed by atoms with Crippen molar-refractivity contribution in [3.8, 4) is 0 Å². The Morgan fingerprint density at radius 2 is 2.13 bits per heavy atom. The second-order valence-corrected chi connectivity index (χ2v) is 5.47. The SMILES string of the molecule is Cc1cc(NC(=O)NC2CCN(C(=O)c3ccco3)CC2)on1. The van der Waals surface area contributed by atoms with E-state index in [1.807, 2.05) is 0 Å². The number of hydrogen-bond acceptors (Lipinski definition) is 5. The van der Waals surface area contributed by atoms with Crippen molar-refractivity contribution in [1.82, 2.24) is 15.4 Å². The number of anilines is 1. The van der Waals surface area contributed by atoms with Gasteiger partial charge in [0.25, 0.3) is 5.91 Å². The molecule has 0 aromatic carbocycles. The van der Waals surface area contributed by atoms with Crippen LogP contribution in [0.1, 0.15) is 29.1 Å². The van der Waals surface area contributed by atoms with Gasteiger partial charge in [-0.15, -0.1) is 0 Å². The van der Waals surface area contributed by atoms with E-state index in [0.717, 1.165) is 0 Å². The van der Waals surface area contributed by atoms with E-state index < -0.39 is 0 Å². The van der Waals surface area contributed by atoms with Crippen molar-refractivity contribution in [1.29, 1.82) is 0 Å². The molecule has 0 bridgehead atoms. The number of carbonyl (C=O) groups is 2. The summed E-state index contributed by atoms with van der Waals surface area (Å²) in [5.41, 5.74) is 0.699. The number of aromatic nitrogens is 1. The van der Waals surface area contributed by atoms with Crippen molar-refractivity contribution in [2.24, 2.45) is 0 Å². The fourth-order valence-electron chi connectivity index (χ4n) is 2.54. The fraction of sp³-hybridized carbons (Fsp3) is 0.400. The lowest BCUT2D eigenvalue weighted by molar-refractivity contribution is 0.0676. The third-order valence-corrected chi connectivity index (χ3v) is 3.71. The van der Waals surface area contributed by atoms with E-state index in [2.05, 4.69) is 15.8 Å². The van der Waals surface area contributed by atoms with Crippen LogP contribution in [0.15, 0.2) is 33.4 Å². The summed E-state index contributed by atoms with van der Waals surface area (Å²) >= 11 is 0. The van der Waals surface area contributed by atoms with Gasteiger partial charge < -0.3 is 19.2 Å². The van der Waals surface area contributed by atoms with Crippen LogP contribution in [0.25, 0.3) is 0 Å². The highest BCUT2D eigenvalue weighted by Gasteiger charge is 2.25. The first-order valence-electron chi connectivity index (χ1n) is 7.45. The van der Waals surface area contributed by atoms with Crippen molar-refractivity contribution in [3.05, 3.63) is 35.9 Å². The fourth-order valence-corrected chi connectivity index (χ4v) is 2.54. The van der Waals surface area contributed by atoms with Gasteiger partial charge in [-0.25, -0.2) is 4.79 Å². The molecule has 8 heteroatoms. The molecular weight excluding hydrogens is 300 g/mol. The van der Waals surface area contributed by atoms with Crippen molar-refractivity contribution in [2.45, 2.75) is 25.8 Å². The molecular formula is C15H18N4O4. The first-order chi connectivity index (χ1) is 11.1. The molecule has 1 aliphatic heterocycles. The standard InChI is InChI=1S/C15H18N4O4/c1-10-9-13(23-18-10)17-15(21)16-11-4-6-19(7-5-11)14(20)12-3-2-8-22-12/h2-3,8-9,11H,4-7H2,1H3,(H2,16,17,21). The molecule has 2 aromatic heterocycles. The average Bonchev–Trinajstić information content (AvgIpc) is 3.19. The maximum Gasteiger partial charge on any atom is 0.321 e. The van der Waals surface area contributed by atoms with E-state index in [0.29, 0.717) is 43.3 Å². The van der Waals surface area contributed by atoms with Crippen LogP contribution in [-0.4, -0.2) is 41.1 Å². The number of piperidine rings is 1. The maximum absolute atomic E-state index is 12.1. The highest BCUT2D eigenvalue weighted by molar-refractivity contribution is 5.91. The molecule has 23 heavy (non-hydrogen) atoms. The van der Waals surface area contributed by atoms with Gasteiger partial charge in [-0.1, -0.05) is 5.16 Å². The second-order valence-electron chi connectivity index (χ2n) is 5.47. The Labute approximate surface area is 132 Å². The Bertz CT molecular complexity index is 671. The smallest absolute Gasteiger partial charge is 0.321 e. The number of aryl methyl sites for hydroxylation is 1. The van der Waals surface area contributed by atoms with E-state index in [-0.39, 0.29) is 18.0 Å². The van der Waals surface area contributed by atoms with Crippen LogP contribution >= 0.6 is 0 Å². The lowest BCUT2D eigenvalue weighted by Gasteiger charge is -2.31. The highest BCUT2D eigenvalue weighted by Crippen LogP contribution is 2.15. The number of nitrogens with zero attached hydrogens (tertiary/aromatic N) is 2. The zero-order valence-corrected chi connectivity index (χ0v) is 12.7. The predicted octanol–water partition coefficient (Wildman–Crippen LogP) is 2.00. The number of nitrogens with one attached hydrogen (secondary N) is 2. The van der Waals surface area contributed by atoms with Crippen LogP contribution in [-0.2, 0) is 0 Å². The normalized spacial score (nSPS) is 15.4. The van der Waals surface area contributed by atoms with Crippen LogP contribution in [0.4, 0.5) is 10.7 Å². The first-order valence-corrected chi connectivity index (χ1v) is 7.45. The van der Waals surface area contributed by atoms with Gasteiger partial charge in [0.15, 0.2) is 5.76 Å². The zero-order chi connectivity index (χ0) is 16.2. The minimum atomic E-state index is -0.336. The Morgan fingerprint density at radius 1 is 1.35 bits per heavy atom.